The van der Waals surface area contributed by atoms with E-state index in [0.717, 1.165) is 31.2 Å². The smallest absolute Gasteiger partial charge is 0.181 e. The topological polar surface area (TPSA) is 60.2 Å². The second-order valence-electron chi connectivity index (χ2n) is 5.98. The minimum Gasteiger partial charge on any atom is -0.330 e. The average Bonchev–Trinajstić information content (AvgIpc) is 2.47. The van der Waals surface area contributed by atoms with Crippen LogP contribution in [0, 0.1) is 18.8 Å². The Morgan fingerprint density at radius 3 is 2.40 bits per heavy atom. The molecule has 20 heavy (non-hydrogen) atoms. The molecule has 2 N–H and O–H groups in total. The zero-order valence-corrected chi connectivity index (χ0v) is 13.2. The Hall–Kier alpha value is -0.870. The molecule has 0 spiro atoms. The predicted molar refractivity (Wildman–Crippen MR) is 82.3 cm³/mol. The van der Waals surface area contributed by atoms with Crippen LogP contribution in [0.3, 0.4) is 0 Å². The van der Waals surface area contributed by atoms with Gasteiger partial charge in [-0.15, -0.1) is 0 Å². The minimum absolute atomic E-state index is 0.101. The summed E-state index contributed by atoms with van der Waals surface area (Å²) in [7, 11) is -3.26. The first-order valence-corrected chi connectivity index (χ1v) is 9.04. The molecule has 1 aliphatic carbocycles. The van der Waals surface area contributed by atoms with Gasteiger partial charge in [0.2, 0.25) is 0 Å². The number of nitrogens with two attached hydrogens (primary N) is 1. The van der Waals surface area contributed by atoms with Gasteiger partial charge in [-0.25, -0.2) is 8.42 Å². The lowest BCUT2D eigenvalue weighted by atomic mass is 9.80. The molecule has 4 heteroatoms. The zero-order chi connectivity index (χ0) is 14.8. The van der Waals surface area contributed by atoms with Crippen molar-refractivity contribution >= 4 is 9.84 Å². The lowest BCUT2D eigenvalue weighted by molar-refractivity contribution is 0.275. The van der Waals surface area contributed by atoms with Gasteiger partial charge < -0.3 is 5.73 Å². The number of sulfone groups is 1. The van der Waals surface area contributed by atoms with Crippen molar-refractivity contribution in [3.63, 3.8) is 0 Å². The fourth-order valence-electron chi connectivity index (χ4n) is 3.20. The van der Waals surface area contributed by atoms with Gasteiger partial charge in [0.1, 0.15) is 0 Å². The standard InChI is InChI=1S/C16H25NO2S/c1-3-13-6-7-14(11-17)16(10-13)20(18,19)15-8-4-12(2)5-9-15/h4-5,8-9,13-14,16H,3,6-7,10-11,17H2,1-2H3. The van der Waals surface area contributed by atoms with Gasteiger partial charge >= 0.3 is 0 Å². The van der Waals surface area contributed by atoms with Gasteiger partial charge in [-0.05, 0) is 50.3 Å². The van der Waals surface area contributed by atoms with E-state index in [1.165, 1.54) is 0 Å². The Morgan fingerprint density at radius 2 is 1.85 bits per heavy atom. The molecule has 0 aliphatic heterocycles. The van der Waals surface area contributed by atoms with Crippen LogP contribution in [0.1, 0.15) is 38.2 Å². The highest BCUT2D eigenvalue weighted by Gasteiger charge is 2.38. The van der Waals surface area contributed by atoms with Gasteiger partial charge in [0.15, 0.2) is 9.84 Å². The molecule has 0 bridgehead atoms. The van der Waals surface area contributed by atoms with Gasteiger partial charge in [-0.3, -0.25) is 0 Å². The third-order valence-corrected chi connectivity index (χ3v) is 6.97. The van der Waals surface area contributed by atoms with Crippen LogP contribution in [-0.4, -0.2) is 20.2 Å². The molecule has 1 aromatic rings. The molecule has 3 unspecified atom stereocenters. The summed E-state index contributed by atoms with van der Waals surface area (Å²) in [5, 5.41) is -0.311. The summed E-state index contributed by atoms with van der Waals surface area (Å²) in [4.78, 5) is 0.448. The molecule has 1 aliphatic rings. The maximum atomic E-state index is 12.9. The van der Waals surface area contributed by atoms with Gasteiger partial charge in [0.25, 0.3) is 0 Å². The molecule has 2 rings (SSSR count). The van der Waals surface area contributed by atoms with E-state index in [1.54, 1.807) is 12.1 Å². The van der Waals surface area contributed by atoms with Crippen LogP contribution >= 0.6 is 0 Å². The molecule has 3 nitrogen and oxygen atoms in total. The van der Waals surface area contributed by atoms with E-state index < -0.39 is 9.84 Å². The van der Waals surface area contributed by atoms with Crippen molar-refractivity contribution in [1.82, 2.24) is 0 Å². The maximum Gasteiger partial charge on any atom is 0.181 e. The maximum absolute atomic E-state index is 12.9. The monoisotopic (exact) mass is 295 g/mol. The second-order valence-corrected chi connectivity index (χ2v) is 8.15. The molecule has 112 valence electrons. The summed E-state index contributed by atoms with van der Waals surface area (Å²) in [5.74, 6) is 0.618. The lowest BCUT2D eigenvalue weighted by Gasteiger charge is -2.34. The van der Waals surface area contributed by atoms with Crippen LogP contribution in [-0.2, 0) is 9.84 Å². The average molecular weight is 295 g/mol. The van der Waals surface area contributed by atoms with Crippen molar-refractivity contribution in [2.24, 2.45) is 17.6 Å². The molecule has 0 amide bonds. The Kier molecular flexibility index (Phi) is 4.86. The van der Waals surface area contributed by atoms with Gasteiger partial charge in [0, 0.05) is 0 Å². The van der Waals surface area contributed by atoms with Crippen molar-refractivity contribution in [2.75, 3.05) is 6.54 Å². The molecule has 1 fully saturated rings. The van der Waals surface area contributed by atoms with Crippen LogP contribution in [0.4, 0.5) is 0 Å². The number of hydrogen-bond acceptors (Lipinski definition) is 3. The molecule has 0 heterocycles. The van der Waals surface area contributed by atoms with E-state index in [4.69, 9.17) is 5.73 Å². The van der Waals surface area contributed by atoms with Crippen LogP contribution in [0.5, 0.6) is 0 Å². The summed E-state index contributed by atoms with van der Waals surface area (Å²) in [6.45, 7) is 4.57. The SMILES string of the molecule is CCC1CCC(CN)C(S(=O)(=O)c2ccc(C)cc2)C1. The fourth-order valence-corrected chi connectivity index (χ4v) is 5.34. The predicted octanol–water partition coefficient (Wildman–Crippen LogP) is 2.92. The summed E-state index contributed by atoms with van der Waals surface area (Å²) in [6.07, 6.45) is 3.86. The van der Waals surface area contributed by atoms with Crippen molar-refractivity contribution in [1.29, 1.82) is 0 Å². The molecule has 0 aromatic heterocycles. The number of hydrogen-bond donors (Lipinski definition) is 1. The third kappa shape index (κ3) is 3.07. The van der Waals surface area contributed by atoms with Gasteiger partial charge in [-0.1, -0.05) is 37.5 Å². The number of aryl methyl sites for hydroxylation is 1. The van der Waals surface area contributed by atoms with E-state index in [9.17, 15) is 8.42 Å². The van der Waals surface area contributed by atoms with Crippen molar-refractivity contribution in [3.05, 3.63) is 29.8 Å². The highest BCUT2D eigenvalue weighted by molar-refractivity contribution is 7.92. The van der Waals surface area contributed by atoms with Crippen LogP contribution in [0.15, 0.2) is 29.2 Å². The first kappa shape index (κ1) is 15.5. The van der Waals surface area contributed by atoms with E-state index in [0.29, 0.717) is 17.4 Å². The molecular formula is C16H25NO2S. The highest BCUT2D eigenvalue weighted by atomic mass is 32.2. The van der Waals surface area contributed by atoms with Gasteiger partial charge in [-0.2, -0.15) is 0 Å². The summed E-state index contributed by atoms with van der Waals surface area (Å²) in [6, 6.07) is 7.19. The van der Waals surface area contributed by atoms with Crippen LogP contribution in [0.2, 0.25) is 0 Å². The fraction of sp³-hybridized carbons (Fsp3) is 0.625. The van der Waals surface area contributed by atoms with Crippen molar-refractivity contribution in [3.8, 4) is 0 Å². The first-order valence-electron chi connectivity index (χ1n) is 7.49. The minimum atomic E-state index is -3.26. The normalized spacial score (nSPS) is 27.4. The lowest BCUT2D eigenvalue weighted by Crippen LogP contribution is -2.39. The summed E-state index contributed by atoms with van der Waals surface area (Å²) >= 11 is 0. The Balaban J connectivity index is 2.32. The van der Waals surface area contributed by atoms with Crippen LogP contribution < -0.4 is 5.73 Å². The van der Waals surface area contributed by atoms with Crippen molar-refractivity contribution in [2.45, 2.75) is 49.7 Å². The van der Waals surface area contributed by atoms with Gasteiger partial charge in [0.05, 0.1) is 10.1 Å². The van der Waals surface area contributed by atoms with Crippen molar-refractivity contribution < 1.29 is 8.42 Å². The van der Waals surface area contributed by atoms with E-state index in [-0.39, 0.29) is 11.2 Å². The summed E-state index contributed by atoms with van der Waals surface area (Å²) < 4.78 is 25.7. The van der Waals surface area contributed by atoms with E-state index in [1.807, 2.05) is 19.1 Å². The Morgan fingerprint density at radius 1 is 1.20 bits per heavy atom. The Labute approximate surface area is 122 Å². The highest BCUT2D eigenvalue weighted by Crippen LogP contribution is 2.37. The second kappa shape index (κ2) is 6.27. The molecule has 1 saturated carbocycles. The number of benzene rings is 1. The van der Waals surface area contributed by atoms with Crippen LogP contribution in [0.25, 0.3) is 0 Å². The molecule has 0 radical (unpaired) electrons. The van der Waals surface area contributed by atoms with E-state index >= 15 is 0 Å². The third-order valence-electron chi connectivity index (χ3n) is 4.67. The van der Waals surface area contributed by atoms with E-state index in [2.05, 4.69) is 6.92 Å². The molecule has 3 atom stereocenters. The summed E-state index contributed by atoms with van der Waals surface area (Å²) in [5.41, 5.74) is 6.89. The molecule has 1 aromatic carbocycles. The molecule has 0 saturated heterocycles. The quantitative estimate of drug-likeness (QED) is 0.929. The zero-order valence-electron chi connectivity index (χ0n) is 12.4. The largest absolute Gasteiger partial charge is 0.330 e. The Bertz CT molecular complexity index is 536. The first-order chi connectivity index (χ1) is 9.48. The number of rotatable bonds is 4. The molecular weight excluding hydrogens is 270 g/mol.